The maximum absolute atomic E-state index is 12.1. The highest BCUT2D eigenvalue weighted by molar-refractivity contribution is 5.82. The minimum atomic E-state index is -0.455. The van der Waals surface area contributed by atoms with Gasteiger partial charge in [0.15, 0.2) is 0 Å². The number of aromatic nitrogens is 1. The highest BCUT2D eigenvalue weighted by Gasteiger charge is 2.13. The van der Waals surface area contributed by atoms with Gasteiger partial charge in [0.2, 0.25) is 0 Å². The highest BCUT2D eigenvalue weighted by atomic mass is 16.5. The van der Waals surface area contributed by atoms with E-state index in [0.29, 0.717) is 12.1 Å². The molecule has 0 bridgehead atoms. The smallest absolute Gasteiger partial charge is 0.418 e. The number of ether oxygens (including phenoxy) is 1. The molecule has 4 heteroatoms. The lowest BCUT2D eigenvalue weighted by Gasteiger charge is -2.09. The van der Waals surface area contributed by atoms with Crippen molar-refractivity contribution in [2.24, 2.45) is 0 Å². The second-order valence-corrected chi connectivity index (χ2v) is 4.88. The highest BCUT2D eigenvalue weighted by Crippen LogP contribution is 2.09. The van der Waals surface area contributed by atoms with E-state index in [9.17, 15) is 9.59 Å². The summed E-state index contributed by atoms with van der Waals surface area (Å²) in [5.74, 6) is 0.133. The molecule has 21 heavy (non-hydrogen) atoms. The third-order valence-electron chi connectivity index (χ3n) is 3.14. The van der Waals surface area contributed by atoms with E-state index in [1.54, 1.807) is 18.3 Å². The number of ketones is 1. The van der Waals surface area contributed by atoms with Crippen LogP contribution >= 0.6 is 0 Å². The third-order valence-corrected chi connectivity index (χ3v) is 3.14. The van der Waals surface area contributed by atoms with Crippen LogP contribution in [0.3, 0.4) is 0 Å². The summed E-state index contributed by atoms with van der Waals surface area (Å²) in [6, 6.07) is 13.0. The van der Waals surface area contributed by atoms with Gasteiger partial charge in [-0.3, -0.25) is 9.36 Å². The molecule has 0 amide bonds. The number of nitrogens with zero attached hydrogens (tertiary/aromatic N) is 1. The van der Waals surface area contributed by atoms with Crippen LogP contribution in [-0.4, -0.2) is 16.4 Å². The fourth-order valence-corrected chi connectivity index (χ4v) is 2.10. The first kappa shape index (κ1) is 15.0. The average Bonchev–Trinajstić information content (AvgIpc) is 2.94. The number of benzene rings is 1. The Hall–Kier alpha value is -2.36. The Labute approximate surface area is 124 Å². The van der Waals surface area contributed by atoms with Crippen molar-refractivity contribution in [3.8, 4) is 0 Å². The first-order valence-electron chi connectivity index (χ1n) is 7.09. The zero-order chi connectivity index (χ0) is 15.1. The Kier molecular flexibility index (Phi) is 5.32. The molecule has 0 spiro atoms. The minimum absolute atomic E-state index is 0.133. The summed E-state index contributed by atoms with van der Waals surface area (Å²) in [5.41, 5.74) is 1.60. The van der Waals surface area contributed by atoms with Gasteiger partial charge in [0, 0.05) is 24.7 Å². The lowest BCUT2D eigenvalue weighted by atomic mass is 10.1. The van der Waals surface area contributed by atoms with Gasteiger partial charge in [-0.25, -0.2) is 4.79 Å². The lowest BCUT2D eigenvalue weighted by molar-refractivity contribution is -0.118. The Morgan fingerprint density at radius 2 is 1.86 bits per heavy atom. The van der Waals surface area contributed by atoms with Gasteiger partial charge in [-0.2, -0.15) is 0 Å². The average molecular weight is 285 g/mol. The van der Waals surface area contributed by atoms with Crippen molar-refractivity contribution in [2.45, 2.75) is 32.8 Å². The van der Waals surface area contributed by atoms with Gasteiger partial charge in [-0.05, 0) is 24.1 Å². The van der Waals surface area contributed by atoms with Crippen LogP contribution in [0.25, 0.3) is 0 Å². The van der Waals surface area contributed by atoms with Gasteiger partial charge in [0.1, 0.15) is 12.4 Å². The fraction of sp³-hybridized carbons (Fsp3) is 0.294. The maximum atomic E-state index is 12.1. The standard InChI is InChI=1S/C17H19NO3/c1-2-7-16(19)12-15-10-6-11-18(15)17(20)21-13-14-8-4-3-5-9-14/h3-6,8-11H,2,7,12-13H2,1H3. The molecule has 0 unspecified atom stereocenters. The summed E-state index contributed by atoms with van der Waals surface area (Å²) in [5, 5.41) is 0. The molecular formula is C17H19NO3. The Balaban J connectivity index is 1.96. The van der Waals surface area contributed by atoms with Crippen LogP contribution in [0.15, 0.2) is 48.7 Å². The molecule has 1 aromatic heterocycles. The molecule has 0 aliphatic rings. The van der Waals surface area contributed by atoms with Gasteiger partial charge in [-0.15, -0.1) is 0 Å². The number of carbonyl (C=O) groups is 2. The number of hydrogen-bond acceptors (Lipinski definition) is 3. The SMILES string of the molecule is CCCC(=O)Cc1cccn1C(=O)OCc1ccccc1. The summed E-state index contributed by atoms with van der Waals surface area (Å²) >= 11 is 0. The molecule has 0 fully saturated rings. The molecule has 4 nitrogen and oxygen atoms in total. The van der Waals surface area contributed by atoms with Crippen molar-refractivity contribution in [2.75, 3.05) is 0 Å². The summed E-state index contributed by atoms with van der Waals surface area (Å²) in [4.78, 5) is 23.8. The van der Waals surface area contributed by atoms with E-state index in [0.717, 1.165) is 12.0 Å². The first-order chi connectivity index (χ1) is 10.2. The van der Waals surface area contributed by atoms with Gasteiger partial charge in [0.05, 0.1) is 0 Å². The van der Waals surface area contributed by atoms with E-state index >= 15 is 0 Å². The molecule has 0 radical (unpaired) electrons. The van der Waals surface area contributed by atoms with Crippen molar-refractivity contribution in [1.29, 1.82) is 0 Å². The molecule has 1 heterocycles. The monoisotopic (exact) mass is 285 g/mol. The van der Waals surface area contributed by atoms with Crippen LogP contribution in [0.2, 0.25) is 0 Å². The van der Waals surface area contributed by atoms with Gasteiger partial charge < -0.3 is 4.74 Å². The summed E-state index contributed by atoms with van der Waals surface area (Å²) in [6.45, 7) is 2.19. The maximum Gasteiger partial charge on any atom is 0.418 e. The Bertz CT molecular complexity index is 602. The van der Waals surface area contributed by atoms with Crippen LogP contribution in [0, 0.1) is 0 Å². The van der Waals surface area contributed by atoms with Crippen LogP contribution < -0.4 is 0 Å². The van der Waals surface area contributed by atoms with Crippen LogP contribution in [-0.2, 0) is 22.6 Å². The van der Waals surface area contributed by atoms with Crippen LogP contribution in [0.5, 0.6) is 0 Å². The predicted octanol–water partition coefficient (Wildman–Crippen LogP) is 3.58. The van der Waals surface area contributed by atoms with Crippen molar-refractivity contribution < 1.29 is 14.3 Å². The summed E-state index contributed by atoms with van der Waals surface area (Å²) < 4.78 is 6.67. The zero-order valence-corrected chi connectivity index (χ0v) is 12.1. The Morgan fingerprint density at radius 1 is 1.10 bits per heavy atom. The largest absolute Gasteiger partial charge is 0.444 e. The van der Waals surface area contributed by atoms with Crippen molar-refractivity contribution in [3.05, 3.63) is 59.9 Å². The van der Waals surface area contributed by atoms with E-state index in [1.807, 2.05) is 37.3 Å². The molecule has 0 aliphatic carbocycles. The molecule has 0 saturated carbocycles. The summed E-state index contributed by atoms with van der Waals surface area (Å²) in [6.07, 6.45) is 2.79. The molecule has 0 aliphatic heterocycles. The molecule has 2 rings (SSSR count). The number of hydrogen-bond donors (Lipinski definition) is 0. The van der Waals surface area contributed by atoms with Gasteiger partial charge in [0.25, 0.3) is 0 Å². The fourth-order valence-electron chi connectivity index (χ4n) is 2.10. The van der Waals surface area contributed by atoms with Crippen LogP contribution in [0.1, 0.15) is 31.0 Å². The molecular weight excluding hydrogens is 266 g/mol. The topological polar surface area (TPSA) is 48.3 Å². The number of rotatable bonds is 6. The van der Waals surface area contributed by atoms with Crippen molar-refractivity contribution in [3.63, 3.8) is 0 Å². The van der Waals surface area contributed by atoms with E-state index in [1.165, 1.54) is 4.57 Å². The van der Waals surface area contributed by atoms with Gasteiger partial charge >= 0.3 is 6.09 Å². The quantitative estimate of drug-likeness (QED) is 0.815. The molecule has 0 atom stereocenters. The second kappa shape index (κ2) is 7.43. The van der Waals surface area contributed by atoms with E-state index < -0.39 is 6.09 Å². The summed E-state index contributed by atoms with van der Waals surface area (Å²) in [7, 11) is 0. The van der Waals surface area contributed by atoms with Gasteiger partial charge in [-0.1, -0.05) is 37.3 Å². The number of Topliss-reactive ketones (excluding diaryl/α,β-unsaturated/α-hetero) is 1. The predicted molar refractivity (Wildman–Crippen MR) is 80.1 cm³/mol. The lowest BCUT2D eigenvalue weighted by Crippen LogP contribution is -2.17. The Morgan fingerprint density at radius 3 is 2.57 bits per heavy atom. The minimum Gasteiger partial charge on any atom is -0.444 e. The molecule has 1 aromatic carbocycles. The van der Waals surface area contributed by atoms with Crippen LogP contribution in [0.4, 0.5) is 4.79 Å². The molecule has 2 aromatic rings. The molecule has 110 valence electrons. The van der Waals surface area contributed by atoms with Crippen molar-refractivity contribution in [1.82, 2.24) is 4.57 Å². The van der Waals surface area contributed by atoms with Crippen molar-refractivity contribution >= 4 is 11.9 Å². The van der Waals surface area contributed by atoms with E-state index in [-0.39, 0.29) is 18.8 Å². The van der Waals surface area contributed by atoms with E-state index in [2.05, 4.69) is 0 Å². The molecule has 0 saturated heterocycles. The normalized spacial score (nSPS) is 10.3. The first-order valence-corrected chi connectivity index (χ1v) is 7.09. The second-order valence-electron chi connectivity index (χ2n) is 4.88. The van der Waals surface area contributed by atoms with E-state index in [4.69, 9.17) is 4.74 Å². The molecule has 0 N–H and O–H groups in total. The number of carbonyl (C=O) groups excluding carboxylic acids is 2. The third kappa shape index (κ3) is 4.31. The zero-order valence-electron chi connectivity index (χ0n) is 12.1.